The predicted molar refractivity (Wildman–Crippen MR) is 79.4 cm³/mol. The molecule has 1 aromatic rings. The highest BCUT2D eigenvalue weighted by Gasteiger charge is 2.35. The van der Waals surface area contributed by atoms with E-state index in [1.54, 1.807) is 7.11 Å². The quantitative estimate of drug-likeness (QED) is 0.772. The number of unbranched alkanes of at least 4 members (excludes halogenated alkanes) is 1. The van der Waals surface area contributed by atoms with Crippen molar-refractivity contribution in [3.8, 4) is 0 Å². The summed E-state index contributed by atoms with van der Waals surface area (Å²) in [5.41, 5.74) is 1.20. The van der Waals surface area contributed by atoms with Crippen molar-refractivity contribution in [1.82, 2.24) is 10.2 Å². The standard InChI is InChI=1S/C16H24N2O2/c1-13-17-15(12-14-8-4-3-5-9-14)16(19)18(13)10-6-7-11-20-2/h3-5,8-9,13,15,17H,6-7,10-12H2,1-2H3. The maximum atomic E-state index is 12.4. The molecule has 0 radical (unpaired) electrons. The van der Waals surface area contributed by atoms with Gasteiger partial charge in [0, 0.05) is 20.3 Å². The molecule has 1 aromatic carbocycles. The van der Waals surface area contributed by atoms with Gasteiger partial charge < -0.3 is 9.64 Å². The molecule has 1 aliphatic heterocycles. The molecular formula is C16H24N2O2. The van der Waals surface area contributed by atoms with E-state index < -0.39 is 0 Å². The molecule has 0 aliphatic carbocycles. The number of amides is 1. The Morgan fingerprint density at radius 1 is 1.25 bits per heavy atom. The van der Waals surface area contributed by atoms with Crippen LogP contribution in [0.1, 0.15) is 25.3 Å². The lowest BCUT2D eigenvalue weighted by molar-refractivity contribution is -0.129. The Morgan fingerprint density at radius 3 is 2.70 bits per heavy atom. The highest BCUT2D eigenvalue weighted by atomic mass is 16.5. The second kappa shape index (κ2) is 7.41. The van der Waals surface area contributed by atoms with Gasteiger partial charge in [-0.25, -0.2) is 0 Å². The topological polar surface area (TPSA) is 41.6 Å². The van der Waals surface area contributed by atoms with Crippen molar-refractivity contribution in [2.75, 3.05) is 20.3 Å². The number of ether oxygens (including phenoxy) is 1. The van der Waals surface area contributed by atoms with E-state index >= 15 is 0 Å². The summed E-state index contributed by atoms with van der Waals surface area (Å²) >= 11 is 0. The summed E-state index contributed by atoms with van der Waals surface area (Å²) in [7, 11) is 1.71. The van der Waals surface area contributed by atoms with Crippen LogP contribution >= 0.6 is 0 Å². The zero-order valence-corrected chi connectivity index (χ0v) is 12.3. The van der Waals surface area contributed by atoms with Crippen molar-refractivity contribution in [2.24, 2.45) is 0 Å². The Morgan fingerprint density at radius 2 is 2.00 bits per heavy atom. The van der Waals surface area contributed by atoms with Crippen molar-refractivity contribution in [1.29, 1.82) is 0 Å². The SMILES string of the molecule is COCCCCN1C(=O)C(Cc2ccccc2)NC1C. The second-order valence-electron chi connectivity index (χ2n) is 5.32. The Hall–Kier alpha value is -1.39. The van der Waals surface area contributed by atoms with Crippen LogP contribution < -0.4 is 5.32 Å². The first-order chi connectivity index (χ1) is 9.72. The molecule has 0 spiro atoms. The van der Waals surface area contributed by atoms with Gasteiger partial charge in [0.1, 0.15) is 0 Å². The number of nitrogens with one attached hydrogen (secondary N) is 1. The van der Waals surface area contributed by atoms with Gasteiger partial charge in [0.05, 0.1) is 12.2 Å². The molecule has 1 heterocycles. The highest BCUT2D eigenvalue weighted by molar-refractivity contribution is 5.84. The summed E-state index contributed by atoms with van der Waals surface area (Å²) in [5.74, 6) is 0.221. The molecule has 1 saturated heterocycles. The van der Waals surface area contributed by atoms with Crippen LogP contribution in [0.2, 0.25) is 0 Å². The number of carbonyl (C=O) groups excluding carboxylic acids is 1. The number of methoxy groups -OCH3 is 1. The van der Waals surface area contributed by atoms with E-state index in [0.717, 1.165) is 32.4 Å². The molecular weight excluding hydrogens is 252 g/mol. The smallest absolute Gasteiger partial charge is 0.241 e. The molecule has 0 saturated carbocycles. The third kappa shape index (κ3) is 3.81. The van der Waals surface area contributed by atoms with Gasteiger partial charge in [0.15, 0.2) is 0 Å². The van der Waals surface area contributed by atoms with Gasteiger partial charge >= 0.3 is 0 Å². The summed E-state index contributed by atoms with van der Waals surface area (Å²) in [4.78, 5) is 14.4. The van der Waals surface area contributed by atoms with Gasteiger partial charge in [0.2, 0.25) is 5.91 Å². The fourth-order valence-corrected chi connectivity index (χ4v) is 2.67. The van der Waals surface area contributed by atoms with Crippen LogP contribution in [0.15, 0.2) is 30.3 Å². The molecule has 2 unspecified atom stereocenters. The largest absolute Gasteiger partial charge is 0.385 e. The first kappa shape index (κ1) is 15.0. The van der Waals surface area contributed by atoms with E-state index in [4.69, 9.17) is 4.74 Å². The number of carbonyl (C=O) groups is 1. The minimum atomic E-state index is -0.0881. The summed E-state index contributed by atoms with van der Waals surface area (Å²) < 4.78 is 5.04. The fourth-order valence-electron chi connectivity index (χ4n) is 2.67. The number of hydrogen-bond donors (Lipinski definition) is 1. The number of hydrogen-bond acceptors (Lipinski definition) is 3. The third-order valence-electron chi connectivity index (χ3n) is 3.77. The average Bonchev–Trinajstić information content (AvgIpc) is 2.72. The third-order valence-corrected chi connectivity index (χ3v) is 3.77. The molecule has 4 heteroatoms. The van der Waals surface area contributed by atoms with E-state index in [9.17, 15) is 4.79 Å². The van der Waals surface area contributed by atoms with Crippen LogP contribution in [0.4, 0.5) is 0 Å². The first-order valence-electron chi connectivity index (χ1n) is 7.31. The van der Waals surface area contributed by atoms with Crippen LogP contribution in [0.25, 0.3) is 0 Å². The molecule has 1 amide bonds. The molecule has 2 atom stereocenters. The minimum Gasteiger partial charge on any atom is -0.385 e. The van der Waals surface area contributed by atoms with Crippen molar-refractivity contribution in [2.45, 2.75) is 38.4 Å². The van der Waals surface area contributed by atoms with Gasteiger partial charge in [-0.2, -0.15) is 0 Å². The van der Waals surface area contributed by atoms with Crippen LogP contribution in [-0.4, -0.2) is 43.3 Å². The summed E-state index contributed by atoms with van der Waals surface area (Å²) in [6, 6.07) is 10.1. The van der Waals surface area contributed by atoms with Crippen molar-refractivity contribution >= 4 is 5.91 Å². The van der Waals surface area contributed by atoms with Crippen LogP contribution in [0, 0.1) is 0 Å². The lowest BCUT2D eigenvalue weighted by Gasteiger charge is -2.20. The molecule has 2 rings (SSSR count). The zero-order valence-electron chi connectivity index (χ0n) is 12.3. The maximum absolute atomic E-state index is 12.4. The fraction of sp³-hybridized carbons (Fsp3) is 0.562. The lowest BCUT2D eigenvalue weighted by atomic mass is 10.1. The normalized spacial score (nSPS) is 22.5. The molecule has 4 nitrogen and oxygen atoms in total. The Balaban J connectivity index is 1.86. The molecule has 0 bridgehead atoms. The van der Waals surface area contributed by atoms with Gasteiger partial charge in [0.25, 0.3) is 0 Å². The second-order valence-corrected chi connectivity index (χ2v) is 5.32. The van der Waals surface area contributed by atoms with Crippen LogP contribution in [0.3, 0.4) is 0 Å². The van der Waals surface area contributed by atoms with Gasteiger partial charge in [-0.1, -0.05) is 30.3 Å². The number of benzene rings is 1. The molecule has 1 fully saturated rings. The van der Waals surface area contributed by atoms with Gasteiger partial charge in [-0.3, -0.25) is 10.1 Å². The monoisotopic (exact) mass is 276 g/mol. The van der Waals surface area contributed by atoms with E-state index in [0.29, 0.717) is 0 Å². The van der Waals surface area contributed by atoms with Crippen molar-refractivity contribution in [3.05, 3.63) is 35.9 Å². The molecule has 110 valence electrons. The van der Waals surface area contributed by atoms with Crippen molar-refractivity contribution < 1.29 is 9.53 Å². The average molecular weight is 276 g/mol. The van der Waals surface area contributed by atoms with Crippen LogP contribution in [0.5, 0.6) is 0 Å². The number of rotatable bonds is 7. The number of nitrogens with zero attached hydrogens (tertiary/aromatic N) is 1. The summed E-state index contributed by atoms with van der Waals surface area (Å²) in [6.45, 7) is 3.62. The lowest BCUT2D eigenvalue weighted by Crippen LogP contribution is -2.35. The van der Waals surface area contributed by atoms with Gasteiger partial charge in [-0.05, 0) is 31.7 Å². The van der Waals surface area contributed by atoms with E-state index in [1.165, 1.54) is 5.56 Å². The minimum absolute atomic E-state index is 0.0881. The molecule has 1 aliphatic rings. The summed E-state index contributed by atoms with van der Waals surface area (Å²) in [5, 5.41) is 3.39. The van der Waals surface area contributed by atoms with E-state index in [1.807, 2.05) is 23.1 Å². The Kier molecular flexibility index (Phi) is 5.56. The Bertz CT molecular complexity index is 422. The van der Waals surface area contributed by atoms with Crippen LogP contribution in [-0.2, 0) is 16.0 Å². The molecule has 20 heavy (non-hydrogen) atoms. The van der Waals surface area contributed by atoms with E-state index in [-0.39, 0.29) is 18.1 Å². The summed E-state index contributed by atoms with van der Waals surface area (Å²) in [6.07, 6.45) is 2.87. The predicted octanol–water partition coefficient (Wildman–Crippen LogP) is 1.80. The zero-order chi connectivity index (χ0) is 14.4. The van der Waals surface area contributed by atoms with Gasteiger partial charge in [-0.15, -0.1) is 0 Å². The first-order valence-corrected chi connectivity index (χ1v) is 7.31. The van der Waals surface area contributed by atoms with Crippen molar-refractivity contribution in [3.63, 3.8) is 0 Å². The Labute approximate surface area is 121 Å². The molecule has 1 N–H and O–H groups in total. The molecule has 0 aromatic heterocycles. The maximum Gasteiger partial charge on any atom is 0.241 e. The van der Waals surface area contributed by atoms with E-state index in [2.05, 4.69) is 24.4 Å². The highest BCUT2D eigenvalue weighted by Crippen LogP contribution is 2.15.